The minimum absolute atomic E-state index is 1.20. The molecule has 0 aliphatic carbocycles. The second-order valence-corrected chi connectivity index (χ2v) is 5.10. The highest BCUT2D eigenvalue weighted by molar-refractivity contribution is 5.89. The molecule has 0 unspecified atom stereocenters. The first-order valence-corrected chi connectivity index (χ1v) is 7.43. The third-order valence-corrected chi connectivity index (χ3v) is 3.66. The molecule has 0 nitrogen and oxygen atoms in total. The molecule has 0 amide bonds. The lowest BCUT2D eigenvalue weighted by atomic mass is 9.90. The van der Waals surface area contributed by atoms with Gasteiger partial charge in [0.25, 0.3) is 0 Å². The predicted molar refractivity (Wildman–Crippen MR) is 96.5 cm³/mol. The lowest BCUT2D eigenvalue weighted by molar-refractivity contribution is 1.56. The molecule has 3 aromatic rings. The topological polar surface area (TPSA) is 0 Å². The summed E-state index contributed by atoms with van der Waals surface area (Å²) in [6, 6.07) is 27.5. The largest absolute Gasteiger partial charge is 0.0991 e. The molecule has 106 valence electrons. The summed E-state index contributed by atoms with van der Waals surface area (Å²) in [6.07, 6.45) is 5.91. The third kappa shape index (κ3) is 2.91. The molecule has 22 heavy (non-hydrogen) atoms. The molecule has 0 N–H and O–H groups in total. The Labute approximate surface area is 132 Å². The van der Waals surface area contributed by atoms with Crippen LogP contribution in [0.3, 0.4) is 0 Å². The van der Waals surface area contributed by atoms with Crippen LogP contribution >= 0.6 is 0 Å². The van der Waals surface area contributed by atoms with E-state index in [1.54, 1.807) is 0 Å². The molecule has 0 saturated carbocycles. The fraction of sp³-hybridized carbons (Fsp3) is 0. The second kappa shape index (κ2) is 6.73. The summed E-state index contributed by atoms with van der Waals surface area (Å²) in [5.74, 6) is 0. The van der Waals surface area contributed by atoms with Crippen LogP contribution in [0, 0.1) is 0 Å². The van der Waals surface area contributed by atoms with Crippen LogP contribution in [-0.2, 0) is 0 Å². The Morgan fingerprint density at radius 3 is 1.91 bits per heavy atom. The minimum Gasteiger partial charge on any atom is -0.0991 e. The molecular formula is C22H18. The van der Waals surface area contributed by atoms with Crippen molar-refractivity contribution in [1.29, 1.82) is 0 Å². The number of hydrogen-bond acceptors (Lipinski definition) is 0. The van der Waals surface area contributed by atoms with Gasteiger partial charge in [-0.25, -0.2) is 0 Å². The van der Waals surface area contributed by atoms with Crippen molar-refractivity contribution in [1.82, 2.24) is 0 Å². The van der Waals surface area contributed by atoms with E-state index in [-0.39, 0.29) is 0 Å². The Balaban J connectivity index is 2.26. The first kappa shape index (κ1) is 14.1. The van der Waals surface area contributed by atoms with Crippen LogP contribution in [0.15, 0.2) is 97.6 Å². The average molecular weight is 282 g/mol. The summed E-state index contributed by atoms with van der Waals surface area (Å²) in [5.41, 5.74) is 6.17. The van der Waals surface area contributed by atoms with Crippen LogP contribution in [0.2, 0.25) is 0 Å². The van der Waals surface area contributed by atoms with Crippen LogP contribution in [0.25, 0.3) is 28.3 Å². The molecule has 0 saturated heterocycles. The molecule has 0 atom stereocenters. The normalized spacial score (nSPS) is 10.7. The SMILES string of the molecule is C=CC=Cc1cccc(-c2ccccc2)c1-c1ccccc1. The van der Waals surface area contributed by atoms with Crippen molar-refractivity contribution in [2.45, 2.75) is 0 Å². The lowest BCUT2D eigenvalue weighted by Crippen LogP contribution is -1.89. The van der Waals surface area contributed by atoms with Crippen molar-refractivity contribution in [3.63, 3.8) is 0 Å². The summed E-state index contributed by atoms with van der Waals surface area (Å²) in [7, 11) is 0. The summed E-state index contributed by atoms with van der Waals surface area (Å²) >= 11 is 0. The zero-order valence-corrected chi connectivity index (χ0v) is 12.4. The van der Waals surface area contributed by atoms with Gasteiger partial charge < -0.3 is 0 Å². The molecule has 0 aromatic heterocycles. The summed E-state index contributed by atoms with van der Waals surface area (Å²) in [5, 5.41) is 0. The smallest absolute Gasteiger partial charge is 0.00328 e. The van der Waals surface area contributed by atoms with Gasteiger partial charge in [-0.3, -0.25) is 0 Å². The van der Waals surface area contributed by atoms with Crippen molar-refractivity contribution in [3.05, 3.63) is 103 Å². The first-order valence-electron chi connectivity index (χ1n) is 7.43. The van der Waals surface area contributed by atoms with Gasteiger partial charge in [-0.15, -0.1) is 0 Å². The lowest BCUT2D eigenvalue weighted by Gasteiger charge is -2.13. The van der Waals surface area contributed by atoms with E-state index in [2.05, 4.69) is 79.4 Å². The number of benzene rings is 3. The Hall–Kier alpha value is -2.86. The van der Waals surface area contributed by atoms with E-state index >= 15 is 0 Å². The summed E-state index contributed by atoms with van der Waals surface area (Å²) in [6.45, 7) is 3.77. The molecule has 3 rings (SSSR count). The molecule has 3 aromatic carbocycles. The van der Waals surface area contributed by atoms with Crippen molar-refractivity contribution in [2.24, 2.45) is 0 Å². The van der Waals surface area contributed by atoms with Gasteiger partial charge in [0.1, 0.15) is 0 Å². The van der Waals surface area contributed by atoms with E-state index in [1.807, 2.05) is 24.3 Å². The summed E-state index contributed by atoms with van der Waals surface area (Å²) in [4.78, 5) is 0. The minimum atomic E-state index is 1.20. The van der Waals surface area contributed by atoms with Gasteiger partial charge in [-0.2, -0.15) is 0 Å². The second-order valence-electron chi connectivity index (χ2n) is 5.10. The summed E-state index contributed by atoms with van der Waals surface area (Å²) < 4.78 is 0. The highest BCUT2D eigenvalue weighted by Crippen LogP contribution is 2.35. The quantitative estimate of drug-likeness (QED) is 0.498. The molecular weight excluding hydrogens is 264 g/mol. The van der Waals surface area contributed by atoms with Crippen molar-refractivity contribution < 1.29 is 0 Å². The van der Waals surface area contributed by atoms with Crippen molar-refractivity contribution in [3.8, 4) is 22.3 Å². The Morgan fingerprint density at radius 1 is 0.636 bits per heavy atom. The van der Waals surface area contributed by atoms with E-state index in [0.717, 1.165) is 0 Å². The zero-order valence-electron chi connectivity index (χ0n) is 12.4. The molecule has 0 fully saturated rings. The van der Waals surface area contributed by atoms with E-state index in [0.29, 0.717) is 0 Å². The molecule has 0 heterocycles. The Kier molecular flexibility index (Phi) is 4.31. The number of allylic oxidation sites excluding steroid dienone is 2. The fourth-order valence-corrected chi connectivity index (χ4v) is 2.67. The molecule has 0 aliphatic heterocycles. The Bertz CT molecular complexity index is 781. The maximum Gasteiger partial charge on any atom is -0.00328 e. The molecule has 0 heteroatoms. The molecule has 0 aliphatic rings. The van der Waals surface area contributed by atoms with Gasteiger partial charge >= 0.3 is 0 Å². The highest BCUT2D eigenvalue weighted by atomic mass is 14.1. The van der Waals surface area contributed by atoms with Gasteiger partial charge in [-0.05, 0) is 27.8 Å². The van der Waals surface area contributed by atoms with Crippen LogP contribution in [0.1, 0.15) is 5.56 Å². The van der Waals surface area contributed by atoms with E-state index < -0.39 is 0 Å². The maximum atomic E-state index is 3.77. The van der Waals surface area contributed by atoms with Gasteiger partial charge in [-0.1, -0.05) is 104 Å². The molecule has 0 spiro atoms. The average Bonchev–Trinajstić information content (AvgIpc) is 2.61. The van der Waals surface area contributed by atoms with Crippen LogP contribution in [-0.4, -0.2) is 0 Å². The monoisotopic (exact) mass is 282 g/mol. The third-order valence-electron chi connectivity index (χ3n) is 3.66. The standard InChI is InChI=1S/C22H18/c1-2-3-11-19-16-10-17-21(18-12-6-4-7-13-18)22(19)20-14-8-5-9-15-20/h2-17H,1H2. The fourth-order valence-electron chi connectivity index (χ4n) is 2.67. The van der Waals surface area contributed by atoms with Gasteiger partial charge in [0.2, 0.25) is 0 Å². The highest BCUT2D eigenvalue weighted by Gasteiger charge is 2.10. The van der Waals surface area contributed by atoms with Gasteiger partial charge in [0.05, 0.1) is 0 Å². The Morgan fingerprint density at radius 2 is 1.27 bits per heavy atom. The first-order chi connectivity index (χ1) is 10.9. The van der Waals surface area contributed by atoms with E-state index in [9.17, 15) is 0 Å². The molecule has 0 bridgehead atoms. The zero-order chi connectivity index (χ0) is 15.2. The maximum absolute atomic E-state index is 3.77. The number of rotatable bonds is 4. The van der Waals surface area contributed by atoms with Crippen molar-refractivity contribution in [2.75, 3.05) is 0 Å². The van der Waals surface area contributed by atoms with E-state index in [1.165, 1.54) is 27.8 Å². The van der Waals surface area contributed by atoms with Gasteiger partial charge in [0, 0.05) is 0 Å². The van der Waals surface area contributed by atoms with Gasteiger partial charge in [0.15, 0.2) is 0 Å². The van der Waals surface area contributed by atoms with Crippen LogP contribution in [0.5, 0.6) is 0 Å². The van der Waals surface area contributed by atoms with E-state index in [4.69, 9.17) is 0 Å². The predicted octanol–water partition coefficient (Wildman–Crippen LogP) is 6.22. The molecule has 0 radical (unpaired) electrons. The number of hydrogen-bond donors (Lipinski definition) is 0. The van der Waals surface area contributed by atoms with Crippen molar-refractivity contribution >= 4 is 6.08 Å². The van der Waals surface area contributed by atoms with Crippen LogP contribution < -0.4 is 0 Å². The van der Waals surface area contributed by atoms with Crippen LogP contribution in [0.4, 0.5) is 0 Å².